The van der Waals surface area contributed by atoms with E-state index in [0.29, 0.717) is 19.3 Å². The molecule has 0 aliphatic heterocycles. The second-order valence-corrected chi connectivity index (χ2v) is 18.8. The molecule has 1 atom stereocenters. The summed E-state index contributed by atoms with van der Waals surface area (Å²) < 4.78 is 16.8. The van der Waals surface area contributed by atoms with Gasteiger partial charge in [-0.1, -0.05) is 249 Å². The molecule has 6 heteroatoms. The highest BCUT2D eigenvalue weighted by Crippen LogP contribution is 2.16. The Labute approximate surface area is 403 Å². The smallest absolute Gasteiger partial charge is 0.306 e. The molecule has 378 valence electrons. The fourth-order valence-corrected chi connectivity index (χ4v) is 8.03. The van der Waals surface area contributed by atoms with Gasteiger partial charge < -0.3 is 14.2 Å². The first-order valence-corrected chi connectivity index (χ1v) is 28.1. The molecule has 0 spiro atoms. The molecule has 0 saturated heterocycles. The lowest BCUT2D eigenvalue weighted by molar-refractivity contribution is -0.167. The molecule has 0 N–H and O–H groups in total. The van der Waals surface area contributed by atoms with Crippen LogP contribution >= 0.6 is 0 Å². The van der Waals surface area contributed by atoms with Gasteiger partial charge in [-0.2, -0.15) is 0 Å². The number of allylic oxidation sites excluding steroid dienone is 8. The van der Waals surface area contributed by atoms with Crippen molar-refractivity contribution in [1.82, 2.24) is 0 Å². The van der Waals surface area contributed by atoms with Gasteiger partial charge >= 0.3 is 17.9 Å². The van der Waals surface area contributed by atoms with Crippen LogP contribution in [0.5, 0.6) is 0 Å². The Balaban J connectivity index is 4.37. The van der Waals surface area contributed by atoms with Gasteiger partial charge in [-0.25, -0.2) is 0 Å². The van der Waals surface area contributed by atoms with Crippen LogP contribution in [0.4, 0.5) is 0 Å². The van der Waals surface area contributed by atoms with E-state index in [0.717, 1.165) is 64.2 Å². The fourth-order valence-electron chi connectivity index (χ4n) is 8.03. The van der Waals surface area contributed by atoms with Crippen molar-refractivity contribution in [3.05, 3.63) is 48.6 Å². The van der Waals surface area contributed by atoms with Gasteiger partial charge in [0.25, 0.3) is 0 Å². The quantitative estimate of drug-likeness (QED) is 0.0262. The van der Waals surface area contributed by atoms with Crippen molar-refractivity contribution in [2.45, 2.75) is 297 Å². The van der Waals surface area contributed by atoms with Crippen LogP contribution in [0.1, 0.15) is 290 Å². The van der Waals surface area contributed by atoms with E-state index in [1.807, 2.05) is 0 Å². The monoisotopic (exact) mass is 911 g/mol. The predicted molar refractivity (Wildman–Crippen MR) is 279 cm³/mol. The Kier molecular flexibility index (Phi) is 51.8. The van der Waals surface area contributed by atoms with Crippen molar-refractivity contribution in [1.29, 1.82) is 0 Å². The van der Waals surface area contributed by atoms with Crippen LogP contribution in [0, 0.1) is 0 Å². The molecule has 0 heterocycles. The molecule has 0 rings (SSSR count). The molecular formula is C59H106O6. The van der Waals surface area contributed by atoms with E-state index < -0.39 is 6.10 Å². The van der Waals surface area contributed by atoms with Gasteiger partial charge in [0.1, 0.15) is 13.2 Å². The van der Waals surface area contributed by atoms with Gasteiger partial charge in [-0.15, -0.1) is 0 Å². The Hall–Kier alpha value is -2.63. The largest absolute Gasteiger partial charge is 0.462 e. The minimum Gasteiger partial charge on any atom is -0.462 e. The molecule has 0 bridgehead atoms. The minimum atomic E-state index is -0.800. The maximum Gasteiger partial charge on any atom is 0.306 e. The predicted octanol–water partition coefficient (Wildman–Crippen LogP) is 18.7. The third-order valence-corrected chi connectivity index (χ3v) is 12.3. The second-order valence-electron chi connectivity index (χ2n) is 18.8. The molecular weight excluding hydrogens is 805 g/mol. The van der Waals surface area contributed by atoms with Crippen LogP contribution in [0.2, 0.25) is 0 Å². The summed E-state index contributed by atoms with van der Waals surface area (Å²) in [5.41, 5.74) is 0. The molecule has 0 radical (unpaired) electrons. The number of ether oxygens (including phenoxy) is 3. The van der Waals surface area contributed by atoms with E-state index in [1.165, 1.54) is 180 Å². The zero-order valence-electron chi connectivity index (χ0n) is 43.3. The van der Waals surface area contributed by atoms with Crippen molar-refractivity contribution in [2.24, 2.45) is 0 Å². The van der Waals surface area contributed by atoms with E-state index >= 15 is 0 Å². The molecule has 0 aromatic rings. The summed E-state index contributed by atoms with van der Waals surface area (Å²) in [6.07, 6.45) is 65.4. The van der Waals surface area contributed by atoms with Gasteiger partial charge in [-0.3, -0.25) is 14.4 Å². The van der Waals surface area contributed by atoms with Gasteiger partial charge in [0.05, 0.1) is 0 Å². The summed E-state index contributed by atoms with van der Waals surface area (Å²) in [6.45, 7) is 6.57. The first-order valence-electron chi connectivity index (χ1n) is 28.1. The van der Waals surface area contributed by atoms with Gasteiger partial charge in [0, 0.05) is 19.3 Å². The molecule has 0 amide bonds. The van der Waals surface area contributed by atoms with Crippen molar-refractivity contribution >= 4 is 17.9 Å². The van der Waals surface area contributed by atoms with Crippen molar-refractivity contribution in [3.63, 3.8) is 0 Å². The number of carbonyl (C=O) groups is 3. The SMILES string of the molecule is CCCC/C=C\CCCCCCCC(=O)OC[C@H](COC(=O)CCCCCCCCCCCCCCCCCCCCC)OC(=O)CCC/C=C\C/C=C\C/C=C\CCCCCCCC. The summed E-state index contributed by atoms with van der Waals surface area (Å²) in [7, 11) is 0. The molecule has 0 aromatic heterocycles. The topological polar surface area (TPSA) is 78.9 Å². The lowest BCUT2D eigenvalue weighted by atomic mass is 10.0. The third kappa shape index (κ3) is 52.2. The van der Waals surface area contributed by atoms with E-state index in [-0.39, 0.29) is 37.5 Å². The highest BCUT2D eigenvalue weighted by Gasteiger charge is 2.19. The third-order valence-electron chi connectivity index (χ3n) is 12.3. The Morgan fingerprint density at radius 1 is 0.308 bits per heavy atom. The Morgan fingerprint density at radius 3 is 0.969 bits per heavy atom. The summed E-state index contributed by atoms with van der Waals surface area (Å²) in [6, 6.07) is 0. The summed E-state index contributed by atoms with van der Waals surface area (Å²) >= 11 is 0. The average Bonchev–Trinajstić information content (AvgIpc) is 3.30. The zero-order valence-corrected chi connectivity index (χ0v) is 43.3. The zero-order chi connectivity index (χ0) is 47.2. The summed E-state index contributed by atoms with van der Waals surface area (Å²) in [5, 5.41) is 0. The number of esters is 3. The van der Waals surface area contributed by atoms with Crippen molar-refractivity contribution in [2.75, 3.05) is 13.2 Å². The summed E-state index contributed by atoms with van der Waals surface area (Å²) in [5.74, 6) is -0.944. The van der Waals surface area contributed by atoms with E-state index in [1.54, 1.807) is 0 Å². The first-order chi connectivity index (χ1) is 32.0. The van der Waals surface area contributed by atoms with Crippen molar-refractivity contribution in [3.8, 4) is 0 Å². The fraction of sp³-hybridized carbons (Fsp3) is 0.814. The van der Waals surface area contributed by atoms with E-state index in [9.17, 15) is 14.4 Å². The van der Waals surface area contributed by atoms with Crippen LogP contribution in [0.3, 0.4) is 0 Å². The number of hydrogen-bond acceptors (Lipinski definition) is 6. The van der Waals surface area contributed by atoms with Crippen molar-refractivity contribution < 1.29 is 28.6 Å². The number of unbranched alkanes of at least 4 members (excludes halogenated alkanes) is 32. The Morgan fingerprint density at radius 2 is 0.585 bits per heavy atom. The van der Waals surface area contributed by atoms with Gasteiger partial charge in [-0.05, 0) is 70.6 Å². The molecule has 0 aromatic carbocycles. The highest BCUT2D eigenvalue weighted by atomic mass is 16.6. The van der Waals surface area contributed by atoms with Crippen LogP contribution in [0.15, 0.2) is 48.6 Å². The summed E-state index contributed by atoms with van der Waals surface area (Å²) in [4.78, 5) is 38.0. The molecule has 6 nitrogen and oxygen atoms in total. The Bertz CT molecular complexity index is 1140. The normalized spacial score (nSPS) is 12.4. The molecule has 0 saturated carbocycles. The minimum absolute atomic E-state index is 0.0929. The van der Waals surface area contributed by atoms with Crippen LogP contribution in [-0.2, 0) is 28.6 Å². The van der Waals surface area contributed by atoms with E-state index in [4.69, 9.17) is 14.2 Å². The van der Waals surface area contributed by atoms with Gasteiger partial charge in [0.15, 0.2) is 6.10 Å². The number of carbonyl (C=O) groups excluding carboxylic acids is 3. The maximum atomic E-state index is 12.8. The molecule has 0 unspecified atom stereocenters. The van der Waals surface area contributed by atoms with Crippen LogP contribution in [0.25, 0.3) is 0 Å². The number of hydrogen-bond donors (Lipinski definition) is 0. The number of rotatable bonds is 51. The van der Waals surface area contributed by atoms with Crippen LogP contribution < -0.4 is 0 Å². The molecule has 65 heavy (non-hydrogen) atoms. The molecule has 0 aliphatic carbocycles. The lowest BCUT2D eigenvalue weighted by Gasteiger charge is -2.18. The average molecular weight is 911 g/mol. The second kappa shape index (κ2) is 54.0. The standard InChI is InChI=1S/C59H106O6/c1-4-7-10-13-16-19-22-24-26-28-29-31-32-34-37-40-43-46-49-52-58(61)64-55-56(54-63-57(60)51-48-45-42-39-36-21-18-15-12-9-6-3)65-59(62)53-50-47-44-41-38-35-33-30-27-25-23-20-17-14-11-8-5-2/h15,18,25,27,33,35,41,44,56H,4-14,16-17,19-24,26,28-32,34,36-40,42-43,45-55H2,1-3H3/b18-15-,27-25-,35-33-,44-41-/t56-/m1/s1. The highest BCUT2D eigenvalue weighted by molar-refractivity contribution is 5.71. The van der Waals surface area contributed by atoms with Gasteiger partial charge in [0.2, 0.25) is 0 Å². The molecule has 0 fully saturated rings. The lowest BCUT2D eigenvalue weighted by Crippen LogP contribution is -2.30. The first kappa shape index (κ1) is 62.4. The van der Waals surface area contributed by atoms with Crippen LogP contribution in [-0.4, -0.2) is 37.2 Å². The van der Waals surface area contributed by atoms with E-state index in [2.05, 4.69) is 69.4 Å². The maximum absolute atomic E-state index is 12.8. The molecule has 0 aliphatic rings.